The highest BCUT2D eigenvalue weighted by molar-refractivity contribution is 9.10. The van der Waals surface area contributed by atoms with Crippen LogP contribution in [-0.4, -0.2) is 27.7 Å². The number of hydrogen-bond donors (Lipinski definition) is 1. The van der Waals surface area contributed by atoms with Crippen LogP contribution in [0.2, 0.25) is 0 Å². The van der Waals surface area contributed by atoms with Gasteiger partial charge in [0.05, 0.1) is 0 Å². The summed E-state index contributed by atoms with van der Waals surface area (Å²) in [5.41, 5.74) is 7.69. The number of halogens is 1. The summed E-state index contributed by atoms with van der Waals surface area (Å²) in [5.74, 6) is 1.14. The average Bonchev–Trinajstić information content (AvgIpc) is 2.66. The van der Waals surface area contributed by atoms with E-state index in [-0.39, 0.29) is 0 Å². The van der Waals surface area contributed by atoms with Crippen LogP contribution in [0.25, 0.3) is 11.2 Å². The van der Waals surface area contributed by atoms with E-state index in [9.17, 15) is 0 Å². The molecule has 0 unspecified atom stereocenters. The average molecular weight is 311 g/mol. The molecule has 0 aliphatic carbocycles. The van der Waals surface area contributed by atoms with Gasteiger partial charge in [0.2, 0.25) is 5.95 Å². The summed E-state index contributed by atoms with van der Waals surface area (Å²) in [5, 5.41) is 0. The third-order valence-corrected chi connectivity index (χ3v) is 3.80. The molecule has 0 amide bonds. The van der Waals surface area contributed by atoms with Crippen LogP contribution in [0, 0.1) is 5.92 Å². The maximum absolute atomic E-state index is 5.99. The molecule has 0 saturated carbocycles. The summed E-state index contributed by atoms with van der Waals surface area (Å²) in [6.45, 7) is 2.56. The highest BCUT2D eigenvalue weighted by atomic mass is 79.9. The number of rotatable bonds is 2. The third kappa shape index (κ3) is 2.22. The van der Waals surface area contributed by atoms with Gasteiger partial charge in [-0.05, 0) is 40.8 Å². The van der Waals surface area contributed by atoms with E-state index >= 15 is 0 Å². The molecular formula is C12H15BrN4O. The molecule has 1 saturated heterocycles. The number of fused-ring (bicyclic) bond motifs is 1. The quantitative estimate of drug-likeness (QED) is 0.923. The summed E-state index contributed by atoms with van der Waals surface area (Å²) in [4.78, 5) is 8.77. The van der Waals surface area contributed by atoms with Crippen LogP contribution in [0.3, 0.4) is 0 Å². The summed E-state index contributed by atoms with van der Waals surface area (Å²) < 4.78 is 8.31. The minimum atomic E-state index is 0.544. The van der Waals surface area contributed by atoms with Crippen molar-refractivity contribution in [1.82, 2.24) is 14.5 Å². The van der Waals surface area contributed by atoms with Crippen molar-refractivity contribution < 1.29 is 4.74 Å². The van der Waals surface area contributed by atoms with Crippen LogP contribution in [0.4, 0.5) is 5.95 Å². The van der Waals surface area contributed by atoms with Gasteiger partial charge in [-0.3, -0.25) is 4.57 Å². The molecule has 3 rings (SSSR count). The van der Waals surface area contributed by atoms with Gasteiger partial charge in [-0.15, -0.1) is 0 Å². The van der Waals surface area contributed by atoms with Crippen molar-refractivity contribution in [3.8, 4) is 0 Å². The van der Waals surface area contributed by atoms with Crippen LogP contribution >= 0.6 is 15.9 Å². The monoisotopic (exact) mass is 310 g/mol. The number of aromatic nitrogens is 3. The molecule has 1 aliphatic heterocycles. The lowest BCUT2D eigenvalue weighted by Gasteiger charge is -2.22. The van der Waals surface area contributed by atoms with Crippen molar-refractivity contribution in [1.29, 1.82) is 0 Å². The number of imidazole rings is 1. The Hall–Kier alpha value is -1.14. The van der Waals surface area contributed by atoms with Crippen LogP contribution in [0.1, 0.15) is 12.8 Å². The Labute approximate surface area is 113 Å². The Morgan fingerprint density at radius 2 is 2.22 bits per heavy atom. The number of anilines is 1. The highest BCUT2D eigenvalue weighted by Crippen LogP contribution is 2.23. The van der Waals surface area contributed by atoms with E-state index in [1.165, 1.54) is 0 Å². The second-order valence-corrected chi connectivity index (χ2v) is 5.55. The first kappa shape index (κ1) is 11.9. The van der Waals surface area contributed by atoms with Gasteiger partial charge < -0.3 is 10.5 Å². The second kappa shape index (κ2) is 4.85. The van der Waals surface area contributed by atoms with Gasteiger partial charge in [0.25, 0.3) is 0 Å². The van der Waals surface area contributed by atoms with Crippen LogP contribution in [0.15, 0.2) is 16.7 Å². The zero-order valence-electron chi connectivity index (χ0n) is 9.97. The number of nitrogen functional groups attached to an aromatic ring is 1. The van der Waals surface area contributed by atoms with Gasteiger partial charge in [0.15, 0.2) is 5.65 Å². The Morgan fingerprint density at radius 1 is 1.44 bits per heavy atom. The first-order valence-corrected chi connectivity index (χ1v) is 6.88. The van der Waals surface area contributed by atoms with E-state index in [2.05, 4.69) is 25.9 Å². The molecule has 6 heteroatoms. The minimum Gasteiger partial charge on any atom is -0.381 e. The van der Waals surface area contributed by atoms with E-state index in [0.717, 1.165) is 48.2 Å². The molecule has 0 aromatic carbocycles. The summed E-state index contributed by atoms with van der Waals surface area (Å²) in [7, 11) is 0. The largest absolute Gasteiger partial charge is 0.381 e. The van der Waals surface area contributed by atoms with Gasteiger partial charge in [-0.2, -0.15) is 0 Å². The van der Waals surface area contributed by atoms with Crippen LogP contribution in [-0.2, 0) is 11.3 Å². The predicted octanol–water partition coefficient (Wildman–Crippen LogP) is 2.20. The minimum absolute atomic E-state index is 0.544. The molecule has 3 heterocycles. The molecule has 2 aromatic heterocycles. The summed E-state index contributed by atoms with van der Waals surface area (Å²) in [6.07, 6.45) is 3.94. The number of nitrogens with two attached hydrogens (primary N) is 1. The van der Waals surface area contributed by atoms with Crippen molar-refractivity contribution in [3.63, 3.8) is 0 Å². The van der Waals surface area contributed by atoms with Crippen LogP contribution in [0.5, 0.6) is 0 Å². The van der Waals surface area contributed by atoms with Crippen molar-refractivity contribution in [2.75, 3.05) is 18.9 Å². The molecule has 18 heavy (non-hydrogen) atoms. The molecule has 2 N–H and O–H groups in total. The van der Waals surface area contributed by atoms with Gasteiger partial charge in [0.1, 0.15) is 5.52 Å². The van der Waals surface area contributed by atoms with Gasteiger partial charge in [-0.25, -0.2) is 9.97 Å². The van der Waals surface area contributed by atoms with Gasteiger partial charge in [0, 0.05) is 30.4 Å². The zero-order chi connectivity index (χ0) is 12.5. The molecule has 0 radical (unpaired) electrons. The molecule has 1 aliphatic rings. The van der Waals surface area contributed by atoms with E-state index in [4.69, 9.17) is 10.5 Å². The predicted molar refractivity (Wildman–Crippen MR) is 73.2 cm³/mol. The van der Waals surface area contributed by atoms with Gasteiger partial charge in [-0.1, -0.05) is 0 Å². The Kier molecular flexibility index (Phi) is 3.22. The number of nitrogens with zero attached hydrogens (tertiary/aromatic N) is 3. The van der Waals surface area contributed by atoms with Crippen molar-refractivity contribution >= 4 is 33.0 Å². The van der Waals surface area contributed by atoms with E-state index in [1.807, 2.05) is 10.6 Å². The number of ether oxygens (including phenoxy) is 1. The molecule has 5 nitrogen and oxygen atoms in total. The first-order chi connectivity index (χ1) is 8.74. The maximum Gasteiger partial charge on any atom is 0.202 e. The van der Waals surface area contributed by atoms with E-state index < -0.39 is 0 Å². The number of pyridine rings is 1. The fourth-order valence-corrected chi connectivity index (χ4v) is 2.69. The lowest BCUT2D eigenvalue weighted by atomic mass is 10.0. The Balaban J connectivity index is 1.92. The standard InChI is InChI=1S/C12H15BrN4O/c13-9-5-10-11(15-6-9)17(12(14)16-10)7-8-1-3-18-4-2-8/h5-6,8H,1-4,7H2,(H2,14,16). The molecule has 2 aromatic rings. The maximum atomic E-state index is 5.99. The van der Waals surface area contributed by atoms with E-state index in [1.54, 1.807) is 6.20 Å². The molecular weight excluding hydrogens is 296 g/mol. The Morgan fingerprint density at radius 3 is 3.00 bits per heavy atom. The lowest BCUT2D eigenvalue weighted by Crippen LogP contribution is -2.21. The third-order valence-electron chi connectivity index (χ3n) is 3.36. The molecule has 0 atom stereocenters. The summed E-state index contributed by atoms with van der Waals surface area (Å²) >= 11 is 3.40. The first-order valence-electron chi connectivity index (χ1n) is 6.09. The topological polar surface area (TPSA) is 66.0 Å². The fourth-order valence-electron chi connectivity index (χ4n) is 2.37. The number of hydrogen-bond acceptors (Lipinski definition) is 4. The van der Waals surface area contributed by atoms with Crippen molar-refractivity contribution in [2.45, 2.75) is 19.4 Å². The highest BCUT2D eigenvalue weighted by Gasteiger charge is 2.18. The zero-order valence-corrected chi connectivity index (χ0v) is 11.6. The molecule has 96 valence electrons. The van der Waals surface area contributed by atoms with E-state index in [0.29, 0.717) is 11.9 Å². The molecule has 0 spiro atoms. The van der Waals surface area contributed by atoms with Crippen molar-refractivity contribution in [3.05, 3.63) is 16.7 Å². The SMILES string of the molecule is Nc1nc2cc(Br)cnc2n1CC1CCOCC1. The lowest BCUT2D eigenvalue weighted by molar-refractivity contribution is 0.0617. The Bertz CT molecular complexity index is 562. The second-order valence-electron chi connectivity index (χ2n) is 4.63. The molecule has 1 fully saturated rings. The van der Waals surface area contributed by atoms with Gasteiger partial charge >= 0.3 is 0 Å². The van der Waals surface area contributed by atoms with Crippen molar-refractivity contribution in [2.24, 2.45) is 5.92 Å². The smallest absolute Gasteiger partial charge is 0.202 e. The van der Waals surface area contributed by atoms with Crippen LogP contribution < -0.4 is 5.73 Å². The molecule has 0 bridgehead atoms. The summed E-state index contributed by atoms with van der Waals surface area (Å²) in [6, 6.07) is 1.94. The fraction of sp³-hybridized carbons (Fsp3) is 0.500. The normalized spacial score (nSPS) is 17.4.